The maximum atomic E-state index is 6.12. The van der Waals surface area contributed by atoms with Crippen LogP contribution in [0.3, 0.4) is 0 Å². The van der Waals surface area contributed by atoms with Crippen molar-refractivity contribution >= 4 is 40.5 Å². The molecule has 0 bridgehead atoms. The third kappa shape index (κ3) is 5.71. The van der Waals surface area contributed by atoms with Gasteiger partial charge in [0.05, 0.1) is 6.61 Å². The standard InChI is InChI=1S/C22H20Cl3NO2/c1-2-27-21-5-3-4-16(13-26-20-11-18(24)10-19(25)12-20)22(21)28-14-15-6-8-17(23)9-7-15/h3-12,26H,2,13-14H2,1H3. The molecule has 28 heavy (non-hydrogen) atoms. The average molecular weight is 437 g/mol. The number of nitrogens with one attached hydrogen (secondary N) is 1. The molecule has 0 aliphatic rings. The Bertz CT molecular complexity index is 909. The Morgan fingerprint density at radius 2 is 1.54 bits per heavy atom. The maximum absolute atomic E-state index is 6.12. The molecule has 1 N–H and O–H groups in total. The SMILES string of the molecule is CCOc1cccc(CNc2cc(Cl)cc(Cl)c2)c1OCc1ccc(Cl)cc1. The lowest BCUT2D eigenvalue weighted by Crippen LogP contribution is -2.06. The molecule has 0 atom stereocenters. The molecule has 0 aliphatic heterocycles. The Labute approximate surface area is 180 Å². The van der Waals surface area contributed by atoms with Crippen LogP contribution in [-0.2, 0) is 13.2 Å². The molecule has 0 unspecified atom stereocenters. The van der Waals surface area contributed by atoms with E-state index in [0.29, 0.717) is 46.3 Å². The molecular formula is C22H20Cl3NO2. The fourth-order valence-electron chi connectivity index (χ4n) is 2.72. The van der Waals surface area contributed by atoms with Crippen LogP contribution >= 0.6 is 34.8 Å². The van der Waals surface area contributed by atoms with Gasteiger partial charge in [-0.25, -0.2) is 0 Å². The molecule has 0 heterocycles. The van der Waals surface area contributed by atoms with Gasteiger partial charge in [0.2, 0.25) is 0 Å². The number of para-hydroxylation sites is 1. The van der Waals surface area contributed by atoms with Crippen LogP contribution in [0.1, 0.15) is 18.1 Å². The molecule has 3 nitrogen and oxygen atoms in total. The molecule has 3 rings (SSSR count). The zero-order valence-corrected chi connectivity index (χ0v) is 17.6. The van der Waals surface area contributed by atoms with Gasteiger partial charge in [0.25, 0.3) is 0 Å². The van der Waals surface area contributed by atoms with Crippen molar-refractivity contribution in [2.75, 3.05) is 11.9 Å². The predicted octanol–water partition coefficient (Wildman–Crippen LogP) is 7.24. The summed E-state index contributed by atoms with van der Waals surface area (Å²) in [4.78, 5) is 0. The van der Waals surface area contributed by atoms with Crippen molar-refractivity contribution < 1.29 is 9.47 Å². The van der Waals surface area contributed by atoms with Gasteiger partial charge in [-0.1, -0.05) is 59.1 Å². The first-order valence-corrected chi connectivity index (χ1v) is 10.0. The van der Waals surface area contributed by atoms with E-state index >= 15 is 0 Å². The van der Waals surface area contributed by atoms with Gasteiger partial charge in [0.15, 0.2) is 11.5 Å². The van der Waals surface area contributed by atoms with E-state index in [4.69, 9.17) is 44.3 Å². The van der Waals surface area contributed by atoms with E-state index in [-0.39, 0.29) is 0 Å². The molecule has 0 spiro atoms. The first-order valence-electron chi connectivity index (χ1n) is 8.87. The Hall–Kier alpha value is -2.07. The van der Waals surface area contributed by atoms with Gasteiger partial charge in [0.1, 0.15) is 6.61 Å². The second-order valence-corrected chi connectivity index (χ2v) is 7.41. The third-order valence-corrected chi connectivity index (χ3v) is 4.69. The summed E-state index contributed by atoms with van der Waals surface area (Å²) in [6, 6.07) is 18.8. The molecule has 3 aromatic rings. The second kappa shape index (κ2) is 9.92. The molecule has 0 saturated heterocycles. The number of ether oxygens (including phenoxy) is 2. The molecule has 6 heteroatoms. The lowest BCUT2D eigenvalue weighted by molar-refractivity contribution is 0.267. The zero-order valence-electron chi connectivity index (χ0n) is 15.3. The highest BCUT2D eigenvalue weighted by Crippen LogP contribution is 2.33. The van der Waals surface area contributed by atoms with Crippen LogP contribution in [0.4, 0.5) is 5.69 Å². The van der Waals surface area contributed by atoms with E-state index in [2.05, 4.69) is 5.32 Å². The van der Waals surface area contributed by atoms with Gasteiger partial charge in [-0.2, -0.15) is 0 Å². The van der Waals surface area contributed by atoms with Gasteiger partial charge in [-0.3, -0.25) is 0 Å². The number of benzene rings is 3. The van der Waals surface area contributed by atoms with Crippen LogP contribution in [-0.4, -0.2) is 6.61 Å². The first-order chi connectivity index (χ1) is 13.5. The Balaban J connectivity index is 1.79. The van der Waals surface area contributed by atoms with Crippen molar-refractivity contribution in [1.29, 1.82) is 0 Å². The summed E-state index contributed by atoms with van der Waals surface area (Å²) in [5.41, 5.74) is 2.83. The van der Waals surface area contributed by atoms with Gasteiger partial charge in [-0.05, 0) is 48.9 Å². The highest BCUT2D eigenvalue weighted by atomic mass is 35.5. The maximum Gasteiger partial charge on any atom is 0.166 e. The van der Waals surface area contributed by atoms with Crippen LogP contribution in [0, 0.1) is 0 Å². The Morgan fingerprint density at radius 3 is 2.21 bits per heavy atom. The normalized spacial score (nSPS) is 10.6. The summed E-state index contributed by atoms with van der Waals surface area (Å²) in [6.45, 7) is 3.45. The number of hydrogen-bond donors (Lipinski definition) is 1. The van der Waals surface area contributed by atoms with Crippen LogP contribution in [0.2, 0.25) is 15.1 Å². The molecule has 0 radical (unpaired) electrons. The Morgan fingerprint density at radius 1 is 0.821 bits per heavy atom. The highest BCUT2D eigenvalue weighted by molar-refractivity contribution is 6.35. The topological polar surface area (TPSA) is 30.5 Å². The molecule has 3 aromatic carbocycles. The average Bonchev–Trinajstić information content (AvgIpc) is 2.66. The number of halogens is 3. The molecule has 0 aromatic heterocycles. The highest BCUT2D eigenvalue weighted by Gasteiger charge is 2.12. The predicted molar refractivity (Wildman–Crippen MR) is 117 cm³/mol. The summed E-state index contributed by atoms with van der Waals surface area (Å²) in [5.74, 6) is 1.42. The first kappa shape index (κ1) is 20.7. The third-order valence-electron chi connectivity index (χ3n) is 4.00. The molecule has 0 amide bonds. The van der Waals surface area contributed by atoms with E-state index in [1.807, 2.05) is 61.5 Å². The summed E-state index contributed by atoms with van der Waals surface area (Å²) >= 11 is 18.1. The molecule has 0 fully saturated rings. The number of rotatable bonds is 8. The van der Waals surface area contributed by atoms with Crippen molar-refractivity contribution in [2.24, 2.45) is 0 Å². The number of hydrogen-bond acceptors (Lipinski definition) is 3. The Kier molecular flexibility index (Phi) is 7.32. The quantitative estimate of drug-likeness (QED) is 0.404. The summed E-state index contributed by atoms with van der Waals surface area (Å²) in [5, 5.41) is 5.20. The second-order valence-electron chi connectivity index (χ2n) is 6.10. The van der Waals surface area contributed by atoms with Crippen LogP contribution < -0.4 is 14.8 Å². The van der Waals surface area contributed by atoms with Crippen molar-refractivity contribution in [3.8, 4) is 11.5 Å². The van der Waals surface area contributed by atoms with E-state index < -0.39 is 0 Å². The van der Waals surface area contributed by atoms with E-state index in [0.717, 1.165) is 16.8 Å². The minimum atomic E-state index is 0.414. The van der Waals surface area contributed by atoms with Crippen LogP contribution in [0.5, 0.6) is 11.5 Å². The lowest BCUT2D eigenvalue weighted by atomic mass is 10.1. The monoisotopic (exact) mass is 435 g/mol. The summed E-state index contributed by atoms with van der Waals surface area (Å²) in [6.07, 6.45) is 0. The molecule has 0 saturated carbocycles. The lowest BCUT2D eigenvalue weighted by Gasteiger charge is -2.17. The molecule has 0 aliphatic carbocycles. The van der Waals surface area contributed by atoms with E-state index in [1.165, 1.54) is 0 Å². The molecule has 146 valence electrons. The fraction of sp³-hybridized carbons (Fsp3) is 0.182. The van der Waals surface area contributed by atoms with E-state index in [9.17, 15) is 0 Å². The van der Waals surface area contributed by atoms with Crippen LogP contribution in [0.15, 0.2) is 60.7 Å². The number of anilines is 1. The van der Waals surface area contributed by atoms with Gasteiger partial charge >= 0.3 is 0 Å². The van der Waals surface area contributed by atoms with Crippen molar-refractivity contribution in [1.82, 2.24) is 0 Å². The zero-order chi connectivity index (χ0) is 19.9. The smallest absolute Gasteiger partial charge is 0.166 e. The van der Waals surface area contributed by atoms with Crippen molar-refractivity contribution in [3.63, 3.8) is 0 Å². The van der Waals surface area contributed by atoms with Crippen LogP contribution in [0.25, 0.3) is 0 Å². The summed E-state index contributed by atoms with van der Waals surface area (Å²) in [7, 11) is 0. The fourth-order valence-corrected chi connectivity index (χ4v) is 3.37. The van der Waals surface area contributed by atoms with Gasteiger partial charge in [0, 0.05) is 32.9 Å². The minimum absolute atomic E-state index is 0.414. The summed E-state index contributed by atoms with van der Waals surface area (Å²) < 4.78 is 11.9. The minimum Gasteiger partial charge on any atom is -0.490 e. The van der Waals surface area contributed by atoms with Gasteiger partial charge in [-0.15, -0.1) is 0 Å². The van der Waals surface area contributed by atoms with Crippen molar-refractivity contribution in [3.05, 3.63) is 86.9 Å². The molecular weight excluding hydrogens is 417 g/mol. The largest absolute Gasteiger partial charge is 0.490 e. The van der Waals surface area contributed by atoms with Gasteiger partial charge < -0.3 is 14.8 Å². The van der Waals surface area contributed by atoms with E-state index in [1.54, 1.807) is 6.07 Å². The van der Waals surface area contributed by atoms with Crippen molar-refractivity contribution in [2.45, 2.75) is 20.1 Å².